The Morgan fingerprint density at radius 2 is 2.21 bits per heavy atom. The van der Waals surface area contributed by atoms with Crippen molar-refractivity contribution in [2.45, 2.75) is 51.1 Å². The minimum absolute atomic E-state index is 0.0169. The summed E-state index contributed by atoms with van der Waals surface area (Å²) in [7, 11) is 0. The first-order valence-electron chi connectivity index (χ1n) is 9.46. The number of carbonyl (C=O) groups is 4. The number of urea groups is 1. The predicted molar refractivity (Wildman–Crippen MR) is 102 cm³/mol. The number of ether oxygens (including phenoxy) is 1. The van der Waals surface area contributed by atoms with E-state index < -0.39 is 36.6 Å². The van der Waals surface area contributed by atoms with E-state index in [1.54, 1.807) is 0 Å². The van der Waals surface area contributed by atoms with Crippen LogP contribution in [0.2, 0.25) is 0 Å². The van der Waals surface area contributed by atoms with Crippen LogP contribution in [-0.4, -0.2) is 47.4 Å². The summed E-state index contributed by atoms with van der Waals surface area (Å²) in [4.78, 5) is 51.0. The van der Waals surface area contributed by atoms with Crippen LogP contribution in [0, 0.1) is 5.92 Å². The number of hydrogen-bond donors (Lipinski definition) is 2. The number of nitrogens with zero attached hydrogens (tertiary/aromatic N) is 1. The fourth-order valence-corrected chi connectivity index (χ4v) is 4.59. The summed E-state index contributed by atoms with van der Waals surface area (Å²) in [6, 6.07) is 3.03. The average Bonchev–Trinajstić information content (AvgIpc) is 3.27. The van der Waals surface area contributed by atoms with Gasteiger partial charge in [-0.2, -0.15) is 0 Å². The van der Waals surface area contributed by atoms with E-state index in [0.717, 1.165) is 29.0 Å². The Morgan fingerprint density at radius 1 is 1.43 bits per heavy atom. The molecule has 1 aliphatic carbocycles. The van der Waals surface area contributed by atoms with Gasteiger partial charge in [-0.3, -0.25) is 19.3 Å². The first-order valence-corrected chi connectivity index (χ1v) is 10.3. The first-order chi connectivity index (χ1) is 13.3. The minimum atomic E-state index is -0.914. The molecule has 0 radical (unpaired) electrons. The zero-order valence-electron chi connectivity index (χ0n) is 16.0. The molecule has 2 aliphatic rings. The number of imide groups is 1. The van der Waals surface area contributed by atoms with Gasteiger partial charge in [0.05, 0.1) is 6.04 Å². The van der Waals surface area contributed by atoms with Crippen molar-refractivity contribution in [1.82, 2.24) is 15.5 Å². The molecule has 1 saturated heterocycles. The molecule has 3 atom stereocenters. The number of esters is 1. The monoisotopic (exact) mass is 407 g/mol. The molecule has 0 bridgehead atoms. The lowest BCUT2D eigenvalue weighted by molar-refractivity contribution is -0.151. The molecule has 8 nitrogen and oxygen atoms in total. The molecule has 9 heteroatoms. The summed E-state index contributed by atoms with van der Waals surface area (Å²) in [5, 5.41) is 7.43. The normalized spacial score (nSPS) is 25.5. The van der Waals surface area contributed by atoms with Gasteiger partial charge in [0.2, 0.25) is 0 Å². The van der Waals surface area contributed by atoms with Gasteiger partial charge in [0, 0.05) is 4.88 Å². The summed E-state index contributed by atoms with van der Waals surface area (Å²) < 4.78 is 4.96. The van der Waals surface area contributed by atoms with Gasteiger partial charge in [-0.05, 0) is 37.1 Å². The number of rotatable bonds is 6. The van der Waals surface area contributed by atoms with Crippen molar-refractivity contribution in [2.75, 3.05) is 13.2 Å². The summed E-state index contributed by atoms with van der Waals surface area (Å²) in [6.45, 7) is 2.83. The fraction of sp³-hybridized carbons (Fsp3) is 0.579. The van der Waals surface area contributed by atoms with Gasteiger partial charge in [-0.25, -0.2) is 4.79 Å². The van der Waals surface area contributed by atoms with Crippen molar-refractivity contribution in [1.29, 1.82) is 0 Å². The van der Waals surface area contributed by atoms with Crippen LogP contribution in [0.1, 0.15) is 50.4 Å². The second kappa shape index (κ2) is 8.30. The number of carbonyl (C=O) groups excluding carboxylic acids is 4. The number of hydrogen-bond acceptors (Lipinski definition) is 6. The third-order valence-electron chi connectivity index (χ3n) is 5.50. The smallest absolute Gasteiger partial charge is 0.326 e. The Morgan fingerprint density at radius 3 is 2.89 bits per heavy atom. The molecule has 0 unspecified atom stereocenters. The lowest BCUT2D eigenvalue weighted by Gasteiger charge is -2.36. The van der Waals surface area contributed by atoms with Crippen LogP contribution in [0.25, 0.3) is 0 Å². The molecule has 28 heavy (non-hydrogen) atoms. The van der Waals surface area contributed by atoms with E-state index in [2.05, 4.69) is 10.6 Å². The molecule has 3 rings (SSSR count). The second-order valence-corrected chi connectivity index (χ2v) is 8.38. The Hall–Kier alpha value is -2.42. The molecule has 2 N–H and O–H groups in total. The third-order valence-corrected chi connectivity index (χ3v) is 6.56. The highest BCUT2D eigenvalue weighted by molar-refractivity contribution is 7.10. The van der Waals surface area contributed by atoms with E-state index in [1.807, 2.05) is 31.4 Å². The Labute approximate surface area is 167 Å². The van der Waals surface area contributed by atoms with E-state index in [4.69, 9.17) is 4.74 Å². The highest BCUT2D eigenvalue weighted by Crippen LogP contribution is 2.38. The molecule has 1 aliphatic heterocycles. The van der Waals surface area contributed by atoms with Gasteiger partial charge in [0.15, 0.2) is 6.61 Å². The Bertz CT molecular complexity index is 766. The minimum Gasteiger partial charge on any atom is -0.454 e. The lowest BCUT2D eigenvalue weighted by Crippen LogP contribution is -2.54. The van der Waals surface area contributed by atoms with Gasteiger partial charge >= 0.3 is 12.0 Å². The van der Waals surface area contributed by atoms with E-state index in [0.29, 0.717) is 6.42 Å². The quantitative estimate of drug-likeness (QED) is 0.554. The molecule has 2 heterocycles. The van der Waals surface area contributed by atoms with Gasteiger partial charge in [-0.15, -0.1) is 11.3 Å². The largest absolute Gasteiger partial charge is 0.454 e. The van der Waals surface area contributed by atoms with Gasteiger partial charge in [-0.1, -0.05) is 25.8 Å². The third kappa shape index (κ3) is 4.04. The maximum absolute atomic E-state index is 12.8. The van der Waals surface area contributed by atoms with Crippen molar-refractivity contribution in [3.63, 3.8) is 0 Å². The topological polar surface area (TPSA) is 105 Å². The maximum Gasteiger partial charge on any atom is 0.326 e. The van der Waals surface area contributed by atoms with Crippen LogP contribution < -0.4 is 10.6 Å². The summed E-state index contributed by atoms with van der Waals surface area (Å²) in [5.41, 5.74) is -0.914. The standard InChI is InChI=1S/C19H25N3O5S/c1-12-6-3-4-8-19(12)17(25)22(18(26)21-19)10-16(24)27-11-15(23)20-13(2)14-7-5-9-28-14/h5,7,9,12-13H,3-4,6,8,10-11H2,1-2H3,(H,20,23)(H,21,26)/t12-,13-,19+/m0/s1. The Balaban J connectivity index is 1.50. The van der Waals surface area contributed by atoms with Gasteiger partial charge in [0.1, 0.15) is 12.1 Å². The molecular formula is C19H25N3O5S. The van der Waals surface area contributed by atoms with Crippen molar-refractivity contribution in [3.05, 3.63) is 22.4 Å². The molecule has 0 aromatic carbocycles. The van der Waals surface area contributed by atoms with E-state index >= 15 is 0 Å². The predicted octanol–water partition coefficient (Wildman–Crippen LogP) is 1.97. The number of amides is 4. The van der Waals surface area contributed by atoms with E-state index in [-0.39, 0.29) is 17.9 Å². The average molecular weight is 407 g/mol. The van der Waals surface area contributed by atoms with Crippen LogP contribution in [0.5, 0.6) is 0 Å². The fourth-order valence-electron chi connectivity index (χ4n) is 3.85. The van der Waals surface area contributed by atoms with Gasteiger partial charge < -0.3 is 15.4 Å². The second-order valence-electron chi connectivity index (χ2n) is 7.40. The maximum atomic E-state index is 12.8. The highest BCUT2D eigenvalue weighted by atomic mass is 32.1. The lowest BCUT2D eigenvalue weighted by atomic mass is 9.73. The van der Waals surface area contributed by atoms with Crippen molar-refractivity contribution >= 4 is 35.2 Å². The number of thiophene rings is 1. The Kier molecular flexibility index (Phi) is 6.02. The molecule has 1 saturated carbocycles. The highest BCUT2D eigenvalue weighted by Gasteiger charge is 2.55. The van der Waals surface area contributed by atoms with Crippen LogP contribution >= 0.6 is 11.3 Å². The zero-order valence-corrected chi connectivity index (χ0v) is 16.8. The summed E-state index contributed by atoms with van der Waals surface area (Å²) in [6.07, 6.45) is 3.31. The van der Waals surface area contributed by atoms with Crippen LogP contribution in [-0.2, 0) is 19.1 Å². The molecule has 1 aromatic rings. The van der Waals surface area contributed by atoms with Gasteiger partial charge in [0.25, 0.3) is 11.8 Å². The molecular weight excluding hydrogens is 382 g/mol. The summed E-state index contributed by atoms with van der Waals surface area (Å²) in [5.74, 6) is -1.59. The molecule has 1 spiro atoms. The molecule has 4 amide bonds. The summed E-state index contributed by atoms with van der Waals surface area (Å²) >= 11 is 1.52. The molecule has 2 fully saturated rings. The van der Waals surface area contributed by atoms with Crippen LogP contribution in [0.4, 0.5) is 4.79 Å². The SMILES string of the molecule is C[C@H](NC(=O)COC(=O)CN1C(=O)N[C@@]2(CCCC[C@@H]2C)C1=O)c1cccs1. The van der Waals surface area contributed by atoms with Crippen LogP contribution in [0.3, 0.4) is 0 Å². The van der Waals surface area contributed by atoms with E-state index in [9.17, 15) is 19.2 Å². The van der Waals surface area contributed by atoms with Crippen molar-refractivity contribution < 1.29 is 23.9 Å². The first kappa shape index (κ1) is 20.3. The zero-order chi connectivity index (χ0) is 20.3. The number of nitrogens with one attached hydrogen (secondary N) is 2. The molecule has 1 aromatic heterocycles. The van der Waals surface area contributed by atoms with Crippen molar-refractivity contribution in [3.8, 4) is 0 Å². The molecule has 152 valence electrons. The van der Waals surface area contributed by atoms with Crippen molar-refractivity contribution in [2.24, 2.45) is 5.92 Å². The van der Waals surface area contributed by atoms with Crippen LogP contribution in [0.15, 0.2) is 17.5 Å². The van der Waals surface area contributed by atoms with E-state index in [1.165, 1.54) is 11.3 Å².